The second kappa shape index (κ2) is 14.6. The van der Waals surface area contributed by atoms with Crippen molar-refractivity contribution < 1.29 is 46.2 Å². The molecule has 19 heteroatoms. The largest absolute Gasteiger partial charge is 2.00 e. The van der Waals surface area contributed by atoms with Gasteiger partial charge in [-0.25, -0.2) is 26.3 Å². The molecule has 4 N–H and O–H groups in total. The van der Waals surface area contributed by atoms with Crippen molar-refractivity contribution in [3.05, 3.63) is 48.5 Å². The van der Waals surface area contributed by atoms with Crippen LogP contribution in [0.4, 0.5) is 11.4 Å². The number of nitrogens with one attached hydrogen (secondary N) is 4. The number of nitriles is 2. The summed E-state index contributed by atoms with van der Waals surface area (Å²) in [6, 6.07) is 9.10. The number of rotatable bonds is 6. The molecular formula is C18H12CaN6O10S2. The number of carbonyl (C=O) groups is 4. The molecular weight excluding hydrogens is 564 g/mol. The fraction of sp³-hybridized carbons (Fsp3) is 0. The van der Waals surface area contributed by atoms with Gasteiger partial charge in [0.15, 0.2) is 12.4 Å². The van der Waals surface area contributed by atoms with E-state index in [9.17, 15) is 46.2 Å². The van der Waals surface area contributed by atoms with E-state index in [0.717, 1.165) is 24.3 Å². The Labute approximate surface area is 239 Å². The van der Waals surface area contributed by atoms with Gasteiger partial charge in [-0.3, -0.25) is 9.59 Å². The first-order valence-corrected chi connectivity index (χ1v) is 11.8. The molecule has 188 valence electrons. The van der Waals surface area contributed by atoms with Crippen LogP contribution < -0.4 is 30.3 Å². The summed E-state index contributed by atoms with van der Waals surface area (Å²) in [5, 5.41) is 40.7. The van der Waals surface area contributed by atoms with E-state index in [1.54, 1.807) is 9.44 Å². The van der Waals surface area contributed by atoms with E-state index in [4.69, 9.17) is 10.5 Å². The van der Waals surface area contributed by atoms with Crippen molar-refractivity contribution in [1.82, 2.24) is 9.44 Å². The Bertz CT molecular complexity index is 1350. The smallest absolute Gasteiger partial charge is 0.540 e. The minimum Gasteiger partial charge on any atom is -0.540 e. The number of carbonyl (C=O) groups excluding carboxylic acids is 4. The van der Waals surface area contributed by atoms with Gasteiger partial charge in [0.25, 0.3) is 31.9 Å². The van der Waals surface area contributed by atoms with E-state index in [1.165, 1.54) is 36.7 Å². The summed E-state index contributed by atoms with van der Waals surface area (Å²) in [6.45, 7) is 0. The Balaban J connectivity index is 0.000000682. The molecule has 0 unspecified atom stereocenters. The molecule has 0 aliphatic rings. The van der Waals surface area contributed by atoms with E-state index in [-0.39, 0.29) is 58.9 Å². The Morgan fingerprint density at radius 1 is 0.622 bits per heavy atom. The number of benzene rings is 2. The standard InChI is InChI=1S/2C9H7N3O5S.Ca/c2*10-5-11-18(16,17)7-3-1-6(2-4-7)12-8(13)9(14)15;/h2*1-4,11H,(H,12,13)(H,14,15);/q;;+2/p-2. The first-order chi connectivity index (χ1) is 16.7. The number of carboxylic acids is 2. The summed E-state index contributed by atoms with van der Waals surface area (Å²) >= 11 is 0. The van der Waals surface area contributed by atoms with Crippen molar-refractivity contribution in [1.29, 1.82) is 10.5 Å². The molecule has 2 amide bonds. The van der Waals surface area contributed by atoms with Crippen LogP contribution in [-0.4, -0.2) is 78.3 Å². The number of hydrogen-bond acceptors (Lipinski definition) is 12. The predicted octanol–water partition coefficient (Wildman–Crippen LogP) is -4.11. The second-order valence-electron chi connectivity index (χ2n) is 5.97. The molecule has 0 atom stereocenters. The molecule has 0 aliphatic heterocycles. The monoisotopic (exact) mass is 576 g/mol. The first-order valence-electron chi connectivity index (χ1n) is 8.80. The zero-order valence-electron chi connectivity index (χ0n) is 18.1. The molecule has 0 saturated heterocycles. The van der Waals surface area contributed by atoms with E-state index in [2.05, 4.69) is 0 Å². The molecule has 0 saturated carbocycles. The fourth-order valence-corrected chi connectivity index (χ4v) is 3.50. The van der Waals surface area contributed by atoms with Gasteiger partial charge in [0.1, 0.15) is 11.9 Å². The molecule has 37 heavy (non-hydrogen) atoms. The molecule has 0 heterocycles. The summed E-state index contributed by atoms with van der Waals surface area (Å²) < 4.78 is 48.6. The number of sulfonamides is 2. The third-order valence-corrected chi connectivity index (χ3v) is 6.08. The topological polar surface area (TPSA) is 278 Å². The van der Waals surface area contributed by atoms with Crippen LogP contribution in [0.1, 0.15) is 0 Å². The molecule has 0 aromatic heterocycles. The zero-order valence-corrected chi connectivity index (χ0v) is 22.0. The van der Waals surface area contributed by atoms with Crippen molar-refractivity contribution in [3.63, 3.8) is 0 Å². The van der Waals surface area contributed by atoms with E-state index in [1.807, 2.05) is 10.6 Å². The van der Waals surface area contributed by atoms with Crippen molar-refractivity contribution in [2.24, 2.45) is 0 Å². The first kappa shape index (κ1) is 33.1. The molecule has 2 aromatic carbocycles. The summed E-state index contributed by atoms with van der Waals surface area (Å²) in [6.07, 6.45) is 2.55. The maximum Gasteiger partial charge on any atom is 2.00 e. The van der Waals surface area contributed by atoms with Gasteiger partial charge in [-0.2, -0.15) is 10.5 Å². The van der Waals surface area contributed by atoms with Crippen LogP contribution in [0, 0.1) is 22.9 Å². The number of nitrogens with zero attached hydrogens (tertiary/aromatic N) is 2. The Kier molecular flexibility index (Phi) is 13.0. The van der Waals surface area contributed by atoms with E-state index >= 15 is 0 Å². The number of aliphatic carboxylic acids is 2. The molecule has 0 fully saturated rings. The van der Waals surface area contributed by atoms with Crippen LogP contribution >= 0.6 is 0 Å². The van der Waals surface area contributed by atoms with Gasteiger partial charge in [0, 0.05) is 11.4 Å². The molecule has 0 spiro atoms. The summed E-state index contributed by atoms with van der Waals surface area (Å²) in [4.78, 5) is 41.4. The van der Waals surface area contributed by atoms with Crippen LogP contribution in [0.15, 0.2) is 58.3 Å². The van der Waals surface area contributed by atoms with Gasteiger partial charge < -0.3 is 30.4 Å². The zero-order chi connectivity index (χ0) is 27.5. The molecule has 0 aliphatic carbocycles. The number of amides is 2. The van der Waals surface area contributed by atoms with Crippen LogP contribution in [-0.2, 0) is 39.2 Å². The minimum atomic E-state index is -3.92. The van der Waals surface area contributed by atoms with Gasteiger partial charge in [-0.15, -0.1) is 0 Å². The van der Waals surface area contributed by atoms with Crippen molar-refractivity contribution >= 4 is 92.9 Å². The van der Waals surface area contributed by atoms with Crippen molar-refractivity contribution in [2.45, 2.75) is 9.79 Å². The third kappa shape index (κ3) is 10.7. The maximum atomic E-state index is 11.3. The third-order valence-electron chi connectivity index (χ3n) is 3.58. The minimum absolute atomic E-state index is 0. The Morgan fingerprint density at radius 3 is 1.11 bits per heavy atom. The molecule has 0 bridgehead atoms. The number of hydrogen-bond donors (Lipinski definition) is 4. The summed E-state index contributed by atoms with van der Waals surface area (Å²) in [5.41, 5.74) is 0.167. The molecule has 0 radical (unpaired) electrons. The molecule has 2 rings (SSSR count). The van der Waals surface area contributed by atoms with Gasteiger partial charge in [-0.05, 0) is 48.5 Å². The number of anilines is 2. The second-order valence-corrected chi connectivity index (χ2v) is 9.33. The van der Waals surface area contributed by atoms with E-state index < -0.39 is 43.8 Å². The van der Waals surface area contributed by atoms with Gasteiger partial charge in [0.2, 0.25) is 0 Å². The predicted molar refractivity (Wildman–Crippen MR) is 118 cm³/mol. The van der Waals surface area contributed by atoms with Crippen LogP contribution in [0.5, 0.6) is 0 Å². The van der Waals surface area contributed by atoms with Crippen molar-refractivity contribution in [2.75, 3.05) is 10.6 Å². The quantitative estimate of drug-likeness (QED) is 0.110. The van der Waals surface area contributed by atoms with Crippen LogP contribution in [0.25, 0.3) is 0 Å². The summed E-state index contributed by atoms with van der Waals surface area (Å²) in [7, 11) is -7.85. The SMILES string of the molecule is N#CNS(=O)(=O)c1ccc(NC(=O)C(=O)[O-])cc1.N#CNS(=O)(=O)c1ccc(NC(=O)C(=O)[O-])cc1.[Ca+2]. The van der Waals surface area contributed by atoms with E-state index in [0.29, 0.717) is 0 Å². The Hall–Kier alpha value is -3.94. The van der Waals surface area contributed by atoms with Crippen molar-refractivity contribution in [3.8, 4) is 12.4 Å². The van der Waals surface area contributed by atoms with Gasteiger partial charge >= 0.3 is 37.7 Å². The van der Waals surface area contributed by atoms with Gasteiger partial charge in [-0.1, -0.05) is 0 Å². The average Bonchev–Trinajstić information content (AvgIpc) is 2.80. The van der Waals surface area contributed by atoms with Crippen LogP contribution in [0.3, 0.4) is 0 Å². The maximum absolute atomic E-state index is 11.3. The molecule has 2 aromatic rings. The fourth-order valence-electron chi connectivity index (χ4n) is 2.04. The Morgan fingerprint density at radius 2 is 0.892 bits per heavy atom. The van der Waals surface area contributed by atoms with Crippen LogP contribution in [0.2, 0.25) is 0 Å². The van der Waals surface area contributed by atoms with Gasteiger partial charge in [0.05, 0.1) is 9.79 Å². The number of carboxylic acid groups (broad SMARTS) is 2. The molecule has 16 nitrogen and oxygen atoms in total. The summed E-state index contributed by atoms with van der Waals surface area (Å²) in [5.74, 6) is -6.50. The normalized spacial score (nSPS) is 9.89. The average molecular weight is 577 g/mol.